The number of nitrogens with one attached hydrogen (secondary N) is 1. The molecule has 1 N–H and O–H groups in total. The van der Waals surface area contributed by atoms with E-state index in [9.17, 15) is 14.0 Å². The van der Waals surface area contributed by atoms with Crippen molar-refractivity contribution < 1.29 is 23.1 Å². The van der Waals surface area contributed by atoms with Crippen molar-refractivity contribution in [3.05, 3.63) is 58.7 Å². The molecule has 0 aliphatic rings. The number of carbonyl (C=O) groups excluding carboxylic acids is 2. The predicted octanol–water partition coefficient (Wildman–Crippen LogP) is 3.38. The van der Waals surface area contributed by atoms with Gasteiger partial charge in [-0.05, 0) is 52.3 Å². The summed E-state index contributed by atoms with van der Waals surface area (Å²) in [7, 11) is 0. The molecule has 0 bridgehead atoms. The number of esters is 1. The highest BCUT2D eigenvalue weighted by Gasteiger charge is 2.06. The summed E-state index contributed by atoms with van der Waals surface area (Å²) in [6, 6.07) is 8.74. The third-order valence-electron chi connectivity index (χ3n) is 2.43. The highest BCUT2D eigenvalue weighted by molar-refractivity contribution is 9.10. The number of anilines is 1. The molecule has 7 heteroatoms. The maximum absolute atomic E-state index is 12.9. The van der Waals surface area contributed by atoms with E-state index in [2.05, 4.69) is 21.2 Å². The van der Waals surface area contributed by atoms with E-state index >= 15 is 0 Å². The van der Waals surface area contributed by atoms with Crippen molar-refractivity contribution in [2.24, 2.45) is 0 Å². The number of amides is 1. The van der Waals surface area contributed by atoms with Crippen LogP contribution >= 0.6 is 15.9 Å². The molecule has 0 saturated carbocycles. The smallest absolute Gasteiger partial charge is 0.331 e. The van der Waals surface area contributed by atoms with Crippen LogP contribution in [0.25, 0.3) is 6.08 Å². The van der Waals surface area contributed by atoms with Gasteiger partial charge in [0.1, 0.15) is 11.6 Å². The lowest BCUT2D eigenvalue weighted by Crippen LogP contribution is -2.20. The van der Waals surface area contributed by atoms with Crippen molar-refractivity contribution >= 4 is 39.6 Å². The first-order valence-corrected chi connectivity index (χ1v) is 6.98. The number of furan rings is 1. The first-order valence-electron chi connectivity index (χ1n) is 6.18. The zero-order valence-corrected chi connectivity index (χ0v) is 12.8. The summed E-state index contributed by atoms with van der Waals surface area (Å²) in [6.45, 7) is -0.471. The highest BCUT2D eigenvalue weighted by Crippen LogP contribution is 2.15. The number of ether oxygens (including phenoxy) is 1. The van der Waals surface area contributed by atoms with Crippen molar-refractivity contribution in [3.8, 4) is 0 Å². The predicted molar refractivity (Wildman–Crippen MR) is 81.4 cm³/mol. The van der Waals surface area contributed by atoms with Crippen molar-refractivity contribution in [2.45, 2.75) is 0 Å². The Morgan fingerprint density at radius 1 is 1.32 bits per heavy atom. The molecule has 1 aromatic carbocycles. The van der Waals surface area contributed by atoms with Crippen LogP contribution in [0.15, 0.2) is 51.6 Å². The second-order valence-electron chi connectivity index (χ2n) is 4.14. The van der Waals surface area contributed by atoms with Gasteiger partial charge in [-0.15, -0.1) is 0 Å². The van der Waals surface area contributed by atoms with E-state index in [4.69, 9.17) is 9.15 Å². The average Bonchev–Trinajstić information content (AvgIpc) is 2.89. The minimum absolute atomic E-state index is 0.289. The summed E-state index contributed by atoms with van der Waals surface area (Å²) in [5, 5.41) is 2.41. The molecule has 5 nitrogen and oxygen atoms in total. The summed E-state index contributed by atoms with van der Waals surface area (Å²) in [5.74, 6) is -1.26. The topological polar surface area (TPSA) is 68.5 Å². The van der Waals surface area contributed by atoms with E-state index < -0.39 is 24.3 Å². The summed E-state index contributed by atoms with van der Waals surface area (Å²) in [6.07, 6.45) is 2.55. The summed E-state index contributed by atoms with van der Waals surface area (Å²) < 4.78 is 23.4. The minimum Gasteiger partial charge on any atom is -0.452 e. The van der Waals surface area contributed by atoms with E-state index in [1.807, 2.05) is 0 Å². The molecule has 0 atom stereocenters. The van der Waals surface area contributed by atoms with Crippen LogP contribution in [0.2, 0.25) is 0 Å². The fourth-order valence-electron chi connectivity index (χ4n) is 1.52. The molecule has 0 unspecified atom stereocenters. The number of hydrogen-bond acceptors (Lipinski definition) is 4. The van der Waals surface area contributed by atoms with Crippen LogP contribution in [0.4, 0.5) is 10.1 Å². The second-order valence-corrected chi connectivity index (χ2v) is 4.92. The highest BCUT2D eigenvalue weighted by atomic mass is 79.9. The van der Waals surface area contributed by atoms with Crippen LogP contribution in [0.3, 0.4) is 0 Å². The van der Waals surface area contributed by atoms with E-state index in [-0.39, 0.29) is 5.69 Å². The Kier molecular flexibility index (Phi) is 5.48. The Bertz CT molecular complexity index is 711. The number of carbonyl (C=O) groups is 2. The third kappa shape index (κ3) is 5.17. The van der Waals surface area contributed by atoms with E-state index in [0.29, 0.717) is 10.4 Å². The average molecular weight is 368 g/mol. The van der Waals surface area contributed by atoms with Gasteiger partial charge in [0.15, 0.2) is 11.3 Å². The largest absolute Gasteiger partial charge is 0.452 e. The molecule has 2 aromatic rings. The first-order chi connectivity index (χ1) is 10.5. The van der Waals surface area contributed by atoms with E-state index in [0.717, 1.165) is 12.1 Å². The van der Waals surface area contributed by atoms with Gasteiger partial charge in [0.05, 0.1) is 0 Å². The molecule has 2 rings (SSSR count). The summed E-state index contributed by atoms with van der Waals surface area (Å²) >= 11 is 3.13. The van der Waals surface area contributed by atoms with Crippen molar-refractivity contribution in [3.63, 3.8) is 0 Å². The second kappa shape index (κ2) is 7.56. The van der Waals surface area contributed by atoms with Crippen molar-refractivity contribution in [1.29, 1.82) is 0 Å². The molecule has 22 heavy (non-hydrogen) atoms. The van der Waals surface area contributed by atoms with Gasteiger partial charge in [0, 0.05) is 11.8 Å². The zero-order valence-electron chi connectivity index (χ0n) is 11.2. The lowest BCUT2D eigenvalue weighted by molar-refractivity contribution is -0.142. The Labute approximate surface area is 133 Å². The molecule has 0 spiro atoms. The molecular weight excluding hydrogens is 357 g/mol. The van der Waals surface area contributed by atoms with Crippen LogP contribution < -0.4 is 5.32 Å². The SMILES string of the molecule is O=C(COC(=O)C=Cc1ccc(Br)o1)Nc1cccc(F)c1. The quantitative estimate of drug-likeness (QED) is 0.649. The first kappa shape index (κ1) is 16.0. The molecular formula is C15H11BrFNO4. The van der Waals surface area contributed by atoms with Crippen LogP contribution in [0.1, 0.15) is 5.76 Å². The number of benzene rings is 1. The van der Waals surface area contributed by atoms with Crippen molar-refractivity contribution in [1.82, 2.24) is 0 Å². The lowest BCUT2D eigenvalue weighted by atomic mass is 10.3. The van der Waals surface area contributed by atoms with Crippen LogP contribution in [0, 0.1) is 5.82 Å². The third-order valence-corrected chi connectivity index (χ3v) is 2.86. The normalized spacial score (nSPS) is 10.6. The van der Waals surface area contributed by atoms with Gasteiger partial charge in [-0.1, -0.05) is 6.07 Å². The number of halogens is 2. The van der Waals surface area contributed by atoms with Gasteiger partial charge in [0.2, 0.25) is 0 Å². The standard InChI is InChI=1S/C15H11BrFNO4/c16-13-6-4-12(22-13)5-7-15(20)21-9-14(19)18-11-3-1-2-10(17)8-11/h1-8H,9H2,(H,18,19). The Morgan fingerprint density at radius 2 is 2.14 bits per heavy atom. The molecule has 1 amide bonds. The maximum Gasteiger partial charge on any atom is 0.331 e. The van der Waals surface area contributed by atoms with Crippen LogP contribution in [-0.2, 0) is 14.3 Å². The van der Waals surface area contributed by atoms with Crippen LogP contribution in [0.5, 0.6) is 0 Å². The molecule has 0 radical (unpaired) electrons. The maximum atomic E-state index is 12.9. The Hall–Kier alpha value is -2.41. The fraction of sp³-hybridized carbons (Fsp3) is 0.0667. The van der Waals surface area contributed by atoms with E-state index in [1.165, 1.54) is 24.3 Å². The van der Waals surface area contributed by atoms with Gasteiger partial charge in [-0.3, -0.25) is 4.79 Å². The zero-order chi connectivity index (χ0) is 15.9. The molecule has 1 heterocycles. The Morgan fingerprint density at radius 3 is 2.82 bits per heavy atom. The molecule has 114 valence electrons. The van der Waals surface area contributed by atoms with Gasteiger partial charge < -0.3 is 14.5 Å². The van der Waals surface area contributed by atoms with E-state index in [1.54, 1.807) is 12.1 Å². The Balaban J connectivity index is 1.78. The molecule has 0 aliphatic carbocycles. The number of hydrogen-bond donors (Lipinski definition) is 1. The summed E-state index contributed by atoms with van der Waals surface area (Å²) in [4.78, 5) is 23.0. The molecule has 0 saturated heterocycles. The van der Waals surface area contributed by atoms with Gasteiger partial charge in [-0.25, -0.2) is 9.18 Å². The monoisotopic (exact) mass is 367 g/mol. The molecule has 0 aliphatic heterocycles. The van der Waals surface area contributed by atoms with Crippen LogP contribution in [-0.4, -0.2) is 18.5 Å². The lowest BCUT2D eigenvalue weighted by Gasteiger charge is -2.05. The number of rotatable bonds is 5. The van der Waals surface area contributed by atoms with Gasteiger partial charge in [0.25, 0.3) is 5.91 Å². The fourth-order valence-corrected chi connectivity index (χ4v) is 1.84. The minimum atomic E-state index is -0.693. The van der Waals surface area contributed by atoms with Gasteiger partial charge in [-0.2, -0.15) is 0 Å². The van der Waals surface area contributed by atoms with Gasteiger partial charge >= 0.3 is 5.97 Å². The van der Waals surface area contributed by atoms with Crippen molar-refractivity contribution in [2.75, 3.05) is 11.9 Å². The summed E-state index contributed by atoms with van der Waals surface area (Å²) in [5.41, 5.74) is 0.289. The molecule has 1 aromatic heterocycles. The molecule has 0 fully saturated rings.